The first kappa shape index (κ1) is 21.6. The summed E-state index contributed by atoms with van der Waals surface area (Å²) < 4.78 is 49.0. The smallest absolute Gasteiger partial charge is 0.175 e. The number of ether oxygens (including phenoxy) is 2. The Morgan fingerprint density at radius 3 is 2.69 bits per heavy atom. The van der Waals surface area contributed by atoms with E-state index >= 15 is 0 Å². The molecule has 0 saturated carbocycles. The molecule has 0 fully saturated rings. The van der Waals surface area contributed by atoms with Gasteiger partial charge in [-0.2, -0.15) is 5.26 Å². The van der Waals surface area contributed by atoms with Gasteiger partial charge in [0.15, 0.2) is 11.6 Å². The maximum atomic E-state index is 15.0. The number of benzene rings is 2. The van der Waals surface area contributed by atoms with Gasteiger partial charge in [0.05, 0.1) is 23.4 Å². The highest BCUT2D eigenvalue weighted by atomic mass is 32.2. The van der Waals surface area contributed by atoms with Crippen LogP contribution in [0.15, 0.2) is 42.6 Å². The number of sulfone groups is 1. The summed E-state index contributed by atoms with van der Waals surface area (Å²) in [7, 11) is -3.09. The van der Waals surface area contributed by atoms with Crippen molar-refractivity contribution in [3.63, 3.8) is 0 Å². The Labute approximate surface area is 184 Å². The Balaban J connectivity index is 1.65. The molecule has 0 radical (unpaired) electrons. The lowest BCUT2D eigenvalue weighted by atomic mass is 10.1. The Hall–Kier alpha value is -3.64. The topological polar surface area (TPSA) is 105 Å². The van der Waals surface area contributed by atoms with Crippen molar-refractivity contribution in [3.8, 4) is 23.3 Å². The van der Waals surface area contributed by atoms with E-state index in [1.807, 2.05) is 6.92 Å². The van der Waals surface area contributed by atoms with Crippen LogP contribution in [-0.2, 0) is 9.84 Å². The van der Waals surface area contributed by atoms with Crippen LogP contribution in [0.2, 0.25) is 0 Å². The number of nitrogens with one attached hydrogen (secondary N) is 1. The van der Waals surface area contributed by atoms with E-state index in [2.05, 4.69) is 16.0 Å². The summed E-state index contributed by atoms with van der Waals surface area (Å²) in [6.07, 6.45) is 2.99. The Morgan fingerprint density at radius 1 is 1.12 bits per heavy atom. The van der Waals surface area contributed by atoms with Crippen molar-refractivity contribution in [1.29, 1.82) is 5.26 Å². The summed E-state index contributed by atoms with van der Waals surface area (Å²) in [6.45, 7) is 1.99. The Kier molecular flexibility index (Phi) is 5.72. The highest BCUT2D eigenvalue weighted by Gasteiger charge is 2.15. The summed E-state index contributed by atoms with van der Waals surface area (Å²) in [5, 5.41) is 10.5. The molecule has 0 aliphatic rings. The average Bonchev–Trinajstić information content (AvgIpc) is 3.13. The number of H-pyrrole nitrogens is 1. The van der Waals surface area contributed by atoms with Crippen LogP contribution in [0.1, 0.15) is 17.7 Å². The van der Waals surface area contributed by atoms with Crippen LogP contribution in [0.3, 0.4) is 0 Å². The van der Waals surface area contributed by atoms with Gasteiger partial charge in [0.25, 0.3) is 0 Å². The molecule has 7 nitrogen and oxygen atoms in total. The number of hydrogen-bond donors (Lipinski definition) is 1. The van der Waals surface area contributed by atoms with Crippen molar-refractivity contribution in [2.24, 2.45) is 0 Å². The van der Waals surface area contributed by atoms with E-state index in [4.69, 9.17) is 9.47 Å². The molecule has 0 aliphatic carbocycles. The third kappa shape index (κ3) is 4.50. The molecule has 4 aromatic rings. The van der Waals surface area contributed by atoms with Crippen LogP contribution < -0.4 is 9.47 Å². The maximum absolute atomic E-state index is 15.0. The van der Waals surface area contributed by atoms with E-state index in [0.717, 1.165) is 11.9 Å². The van der Waals surface area contributed by atoms with Gasteiger partial charge in [0, 0.05) is 40.5 Å². The van der Waals surface area contributed by atoms with Gasteiger partial charge >= 0.3 is 0 Å². The largest absolute Gasteiger partial charge is 0.492 e. The molecule has 2 aromatic carbocycles. The molecule has 0 bridgehead atoms. The maximum Gasteiger partial charge on any atom is 0.175 e. The second-order valence-corrected chi connectivity index (χ2v) is 9.77. The van der Waals surface area contributed by atoms with Gasteiger partial charge in [-0.1, -0.05) is 0 Å². The van der Waals surface area contributed by atoms with Gasteiger partial charge < -0.3 is 14.5 Å². The van der Waals surface area contributed by atoms with Crippen molar-refractivity contribution in [2.75, 3.05) is 18.6 Å². The fourth-order valence-corrected chi connectivity index (χ4v) is 4.07. The normalized spacial score (nSPS) is 11.6. The molecule has 0 atom stereocenters. The van der Waals surface area contributed by atoms with Gasteiger partial charge in [-0.05, 0) is 43.7 Å². The van der Waals surface area contributed by atoms with Gasteiger partial charge in [-0.3, -0.25) is 4.98 Å². The summed E-state index contributed by atoms with van der Waals surface area (Å²) in [6, 6.07) is 11.8. The number of nitrogens with zero attached hydrogens (tertiary/aromatic N) is 2. The number of fused-ring (bicyclic) bond motifs is 2. The zero-order chi connectivity index (χ0) is 22.9. The van der Waals surface area contributed by atoms with Crippen LogP contribution in [-0.4, -0.2) is 37.0 Å². The summed E-state index contributed by atoms with van der Waals surface area (Å²) in [5.41, 5.74) is 2.26. The molecule has 2 aromatic heterocycles. The van der Waals surface area contributed by atoms with Crippen LogP contribution in [0.5, 0.6) is 17.2 Å². The van der Waals surface area contributed by atoms with E-state index in [0.29, 0.717) is 39.7 Å². The average molecular weight is 453 g/mol. The molecule has 1 N–H and O–H groups in total. The third-order valence-corrected chi connectivity index (χ3v) is 5.93. The molecular formula is C23H20FN3O4S. The van der Waals surface area contributed by atoms with Gasteiger partial charge in [-0.15, -0.1) is 0 Å². The van der Waals surface area contributed by atoms with Crippen molar-refractivity contribution in [3.05, 3.63) is 59.7 Å². The highest BCUT2D eigenvalue weighted by Crippen LogP contribution is 2.35. The molecule has 32 heavy (non-hydrogen) atoms. The van der Waals surface area contributed by atoms with Gasteiger partial charge in [0.1, 0.15) is 27.4 Å². The van der Waals surface area contributed by atoms with E-state index < -0.39 is 15.7 Å². The standard InChI is InChI=1S/C23H20FN3O4S/c1-14-10-17-18(27-14)4-5-21(23(17)24)31-20-6-7-26-19-12-22(15(13-25)11-16(19)20)30-8-3-9-32(2,28)29/h4-7,10-12,27H,3,8-9H2,1-2H3. The lowest BCUT2D eigenvalue weighted by Gasteiger charge is -2.12. The van der Waals surface area contributed by atoms with Gasteiger partial charge in [-0.25, -0.2) is 12.8 Å². The van der Waals surface area contributed by atoms with Crippen LogP contribution in [0.25, 0.3) is 21.8 Å². The predicted molar refractivity (Wildman–Crippen MR) is 119 cm³/mol. The molecule has 9 heteroatoms. The van der Waals surface area contributed by atoms with Crippen molar-refractivity contribution in [2.45, 2.75) is 13.3 Å². The summed E-state index contributed by atoms with van der Waals surface area (Å²) in [5.74, 6) is 0.218. The van der Waals surface area contributed by atoms with Crippen molar-refractivity contribution < 1.29 is 22.3 Å². The molecular weight excluding hydrogens is 433 g/mol. The van der Waals surface area contributed by atoms with Gasteiger partial charge in [0.2, 0.25) is 0 Å². The number of hydrogen-bond acceptors (Lipinski definition) is 6. The second-order valence-electron chi connectivity index (χ2n) is 7.51. The molecule has 164 valence electrons. The van der Waals surface area contributed by atoms with Crippen molar-refractivity contribution >= 4 is 31.6 Å². The third-order valence-electron chi connectivity index (χ3n) is 4.90. The molecule has 0 amide bonds. The fourth-order valence-electron chi connectivity index (χ4n) is 3.43. The molecule has 0 aliphatic heterocycles. The zero-order valence-electron chi connectivity index (χ0n) is 17.5. The number of halogens is 1. The Morgan fingerprint density at radius 2 is 1.94 bits per heavy atom. The minimum absolute atomic E-state index is 0.00468. The summed E-state index contributed by atoms with van der Waals surface area (Å²) >= 11 is 0. The first-order valence-corrected chi connectivity index (χ1v) is 11.9. The molecule has 2 heterocycles. The zero-order valence-corrected chi connectivity index (χ0v) is 18.3. The Bertz CT molecular complexity index is 1470. The second kappa shape index (κ2) is 8.48. The van der Waals surface area contributed by atoms with E-state index in [1.165, 1.54) is 6.20 Å². The monoisotopic (exact) mass is 453 g/mol. The molecule has 0 unspecified atom stereocenters. The molecule has 4 rings (SSSR count). The predicted octanol–water partition coefficient (Wildman–Crippen LogP) is 4.64. The number of pyridine rings is 1. The fraction of sp³-hybridized carbons (Fsp3) is 0.217. The number of aromatic amines is 1. The molecule has 0 spiro atoms. The minimum atomic E-state index is -3.09. The van der Waals surface area contributed by atoms with Crippen LogP contribution >= 0.6 is 0 Å². The number of nitriles is 1. The highest BCUT2D eigenvalue weighted by molar-refractivity contribution is 7.90. The van der Waals surface area contributed by atoms with Crippen molar-refractivity contribution in [1.82, 2.24) is 9.97 Å². The SMILES string of the molecule is Cc1cc2c(F)c(Oc3ccnc4cc(OCCCS(C)(=O)=O)c(C#N)cc34)ccc2[nH]1. The van der Waals surface area contributed by atoms with E-state index in [9.17, 15) is 18.1 Å². The minimum Gasteiger partial charge on any atom is -0.492 e. The quantitative estimate of drug-likeness (QED) is 0.409. The summed E-state index contributed by atoms with van der Waals surface area (Å²) in [4.78, 5) is 7.38. The van der Waals surface area contributed by atoms with Crippen LogP contribution in [0, 0.1) is 24.1 Å². The number of aromatic nitrogens is 2. The first-order valence-electron chi connectivity index (χ1n) is 9.84. The first-order chi connectivity index (χ1) is 15.2. The van der Waals surface area contributed by atoms with E-state index in [-0.39, 0.29) is 23.7 Å². The lowest BCUT2D eigenvalue weighted by molar-refractivity contribution is 0.317. The van der Waals surface area contributed by atoms with E-state index in [1.54, 1.807) is 36.4 Å². The number of aryl methyl sites for hydroxylation is 1. The molecule has 0 saturated heterocycles. The number of rotatable bonds is 7. The lowest BCUT2D eigenvalue weighted by Crippen LogP contribution is -2.08. The van der Waals surface area contributed by atoms with Crippen LogP contribution in [0.4, 0.5) is 4.39 Å².